The first kappa shape index (κ1) is 9.34. The van der Waals surface area contributed by atoms with Gasteiger partial charge in [0.2, 0.25) is 0 Å². The molecule has 0 heterocycles. The fourth-order valence-electron chi connectivity index (χ4n) is 1.46. The highest BCUT2D eigenvalue weighted by Crippen LogP contribution is 2.44. The number of anilines is 2. The van der Waals surface area contributed by atoms with Crippen LogP contribution in [0.4, 0.5) is 11.4 Å². The molecule has 0 atom stereocenters. The average Bonchev–Trinajstić information content (AvgIpc) is 2.98. The quantitative estimate of drug-likeness (QED) is 0.633. The highest BCUT2D eigenvalue weighted by atomic mass is 16.3. The first-order valence-corrected chi connectivity index (χ1v) is 4.94. The molecule has 1 aliphatic carbocycles. The number of nitrogens with two attached hydrogens (primary N) is 1. The van der Waals surface area contributed by atoms with E-state index in [9.17, 15) is 0 Å². The highest BCUT2D eigenvalue weighted by molar-refractivity contribution is 5.51. The van der Waals surface area contributed by atoms with Crippen molar-refractivity contribution in [1.82, 2.24) is 0 Å². The summed E-state index contributed by atoms with van der Waals surface area (Å²) < 4.78 is 0. The molecule has 0 aromatic heterocycles. The molecule has 0 radical (unpaired) electrons. The van der Waals surface area contributed by atoms with Crippen LogP contribution in [-0.4, -0.2) is 18.3 Å². The van der Waals surface area contributed by atoms with Crippen LogP contribution in [0.3, 0.4) is 0 Å². The van der Waals surface area contributed by atoms with Gasteiger partial charge in [0.1, 0.15) is 0 Å². The molecule has 14 heavy (non-hydrogen) atoms. The Balaban J connectivity index is 1.89. The van der Waals surface area contributed by atoms with Gasteiger partial charge in [-0.25, -0.2) is 0 Å². The van der Waals surface area contributed by atoms with Crippen LogP contribution in [-0.2, 0) is 0 Å². The fourth-order valence-corrected chi connectivity index (χ4v) is 1.46. The van der Waals surface area contributed by atoms with E-state index in [-0.39, 0.29) is 12.0 Å². The Morgan fingerprint density at radius 2 is 1.93 bits per heavy atom. The van der Waals surface area contributed by atoms with Crippen molar-refractivity contribution in [3.63, 3.8) is 0 Å². The summed E-state index contributed by atoms with van der Waals surface area (Å²) in [4.78, 5) is 0. The van der Waals surface area contributed by atoms with Gasteiger partial charge in [0.25, 0.3) is 0 Å². The second-order valence-electron chi connectivity index (χ2n) is 4.13. The molecule has 0 saturated heterocycles. The van der Waals surface area contributed by atoms with Crippen LogP contribution in [0.15, 0.2) is 24.3 Å². The minimum atomic E-state index is 0.154. The van der Waals surface area contributed by atoms with Crippen molar-refractivity contribution in [3.05, 3.63) is 24.3 Å². The molecule has 0 unspecified atom stereocenters. The van der Waals surface area contributed by atoms with Gasteiger partial charge in [-0.05, 0) is 37.1 Å². The summed E-state index contributed by atoms with van der Waals surface area (Å²) in [5.41, 5.74) is 7.58. The molecule has 3 nitrogen and oxygen atoms in total. The first-order chi connectivity index (χ1) is 6.74. The van der Waals surface area contributed by atoms with Gasteiger partial charge in [-0.3, -0.25) is 0 Å². The Labute approximate surface area is 83.9 Å². The first-order valence-electron chi connectivity index (χ1n) is 4.94. The van der Waals surface area contributed by atoms with Crippen molar-refractivity contribution in [3.8, 4) is 0 Å². The van der Waals surface area contributed by atoms with E-state index < -0.39 is 0 Å². The monoisotopic (exact) mass is 192 g/mol. The zero-order valence-corrected chi connectivity index (χ0v) is 8.16. The smallest absolute Gasteiger partial charge is 0.0504 e. The molecule has 1 aromatic rings. The van der Waals surface area contributed by atoms with E-state index in [1.165, 1.54) is 0 Å². The Morgan fingerprint density at radius 1 is 1.29 bits per heavy atom. The third kappa shape index (κ3) is 1.99. The standard InChI is InChI=1S/C11H16N2O/c12-9-1-3-10(4-2-9)13-7-11(8-14)5-6-11/h1-4,13-14H,5-8,12H2. The molecule has 1 aliphatic rings. The molecule has 1 fully saturated rings. The van der Waals surface area contributed by atoms with Gasteiger partial charge in [-0.2, -0.15) is 0 Å². The second-order valence-corrected chi connectivity index (χ2v) is 4.13. The normalized spacial score (nSPS) is 17.8. The van der Waals surface area contributed by atoms with Gasteiger partial charge < -0.3 is 16.2 Å². The number of nitrogens with one attached hydrogen (secondary N) is 1. The Kier molecular flexibility index (Phi) is 2.33. The number of rotatable bonds is 4. The van der Waals surface area contributed by atoms with E-state index in [4.69, 9.17) is 10.8 Å². The summed E-state index contributed by atoms with van der Waals surface area (Å²) in [5, 5.41) is 12.4. The van der Waals surface area contributed by atoms with Gasteiger partial charge in [0.05, 0.1) is 6.61 Å². The van der Waals surface area contributed by atoms with Crippen LogP contribution in [0.2, 0.25) is 0 Å². The van der Waals surface area contributed by atoms with Crippen molar-refractivity contribution in [2.24, 2.45) is 5.41 Å². The largest absolute Gasteiger partial charge is 0.399 e. The van der Waals surface area contributed by atoms with Crippen molar-refractivity contribution in [1.29, 1.82) is 0 Å². The predicted octanol–water partition coefficient (Wildman–Crippen LogP) is 1.45. The summed E-state index contributed by atoms with van der Waals surface area (Å²) in [7, 11) is 0. The van der Waals surface area contributed by atoms with Crippen LogP contribution >= 0.6 is 0 Å². The van der Waals surface area contributed by atoms with E-state index in [0.717, 1.165) is 30.8 Å². The van der Waals surface area contributed by atoms with E-state index in [0.29, 0.717) is 0 Å². The molecule has 0 spiro atoms. The van der Waals surface area contributed by atoms with Crippen molar-refractivity contribution in [2.45, 2.75) is 12.8 Å². The lowest BCUT2D eigenvalue weighted by molar-refractivity contribution is 0.220. The van der Waals surface area contributed by atoms with Crippen molar-refractivity contribution in [2.75, 3.05) is 24.2 Å². The molecular weight excluding hydrogens is 176 g/mol. The van der Waals surface area contributed by atoms with Crippen LogP contribution < -0.4 is 11.1 Å². The van der Waals surface area contributed by atoms with Crippen molar-refractivity contribution >= 4 is 11.4 Å². The zero-order chi connectivity index (χ0) is 10.0. The lowest BCUT2D eigenvalue weighted by atomic mass is 10.1. The van der Waals surface area contributed by atoms with Gasteiger partial charge in [0, 0.05) is 23.3 Å². The number of aliphatic hydroxyl groups is 1. The highest BCUT2D eigenvalue weighted by Gasteiger charge is 2.41. The SMILES string of the molecule is Nc1ccc(NCC2(CO)CC2)cc1. The van der Waals surface area contributed by atoms with Crippen LogP contribution in [0.25, 0.3) is 0 Å². The maximum atomic E-state index is 9.12. The van der Waals surface area contributed by atoms with E-state index in [1.807, 2.05) is 24.3 Å². The van der Waals surface area contributed by atoms with Gasteiger partial charge in [-0.1, -0.05) is 0 Å². The number of hydrogen-bond acceptors (Lipinski definition) is 3. The predicted molar refractivity (Wildman–Crippen MR) is 58.1 cm³/mol. The average molecular weight is 192 g/mol. The number of hydrogen-bond donors (Lipinski definition) is 3. The molecule has 4 N–H and O–H groups in total. The van der Waals surface area contributed by atoms with Crippen LogP contribution in [0, 0.1) is 5.41 Å². The third-order valence-corrected chi connectivity index (χ3v) is 2.87. The summed E-state index contributed by atoms with van der Waals surface area (Å²) >= 11 is 0. The van der Waals surface area contributed by atoms with Gasteiger partial charge in [0.15, 0.2) is 0 Å². The lowest BCUT2D eigenvalue weighted by Gasteiger charge is -2.13. The van der Waals surface area contributed by atoms with E-state index >= 15 is 0 Å². The molecule has 0 aliphatic heterocycles. The molecule has 0 bridgehead atoms. The number of nitrogen functional groups attached to an aromatic ring is 1. The van der Waals surface area contributed by atoms with Gasteiger partial charge >= 0.3 is 0 Å². The maximum absolute atomic E-state index is 9.12. The number of aliphatic hydroxyl groups excluding tert-OH is 1. The van der Waals surface area contributed by atoms with Crippen molar-refractivity contribution < 1.29 is 5.11 Å². The minimum Gasteiger partial charge on any atom is -0.399 e. The van der Waals surface area contributed by atoms with Crippen LogP contribution in [0.1, 0.15) is 12.8 Å². The molecular formula is C11H16N2O. The molecule has 3 heteroatoms. The Morgan fingerprint density at radius 3 is 2.43 bits per heavy atom. The van der Waals surface area contributed by atoms with Gasteiger partial charge in [-0.15, -0.1) is 0 Å². The summed E-state index contributed by atoms with van der Waals surface area (Å²) in [6.45, 7) is 1.14. The lowest BCUT2D eigenvalue weighted by Crippen LogP contribution is -2.18. The topological polar surface area (TPSA) is 58.3 Å². The second kappa shape index (κ2) is 3.50. The minimum absolute atomic E-state index is 0.154. The summed E-state index contributed by atoms with van der Waals surface area (Å²) in [6, 6.07) is 7.67. The Hall–Kier alpha value is -1.22. The number of benzene rings is 1. The zero-order valence-electron chi connectivity index (χ0n) is 8.16. The molecule has 2 rings (SSSR count). The molecule has 76 valence electrons. The Bertz CT molecular complexity index is 304. The van der Waals surface area contributed by atoms with Crippen LogP contribution in [0.5, 0.6) is 0 Å². The summed E-state index contributed by atoms with van der Waals surface area (Å²) in [6.07, 6.45) is 2.26. The maximum Gasteiger partial charge on any atom is 0.0504 e. The molecule has 1 saturated carbocycles. The summed E-state index contributed by atoms with van der Waals surface area (Å²) in [5.74, 6) is 0. The fraction of sp³-hybridized carbons (Fsp3) is 0.455. The molecule has 1 aromatic carbocycles. The molecule has 0 amide bonds. The van der Waals surface area contributed by atoms with E-state index in [1.54, 1.807) is 0 Å². The third-order valence-electron chi connectivity index (χ3n) is 2.87. The van der Waals surface area contributed by atoms with E-state index in [2.05, 4.69) is 5.32 Å².